The van der Waals surface area contributed by atoms with Crippen molar-refractivity contribution >= 4 is 5.91 Å². The topological polar surface area (TPSA) is 32.3 Å². The fourth-order valence-electron chi connectivity index (χ4n) is 2.73. The van der Waals surface area contributed by atoms with Gasteiger partial charge in [-0.15, -0.1) is 0 Å². The van der Waals surface area contributed by atoms with E-state index in [-0.39, 0.29) is 30.7 Å². The Morgan fingerprint density at radius 1 is 1.33 bits per heavy atom. The molecule has 104 valence electrons. The fourth-order valence-corrected chi connectivity index (χ4v) is 2.73. The number of halogens is 2. The lowest BCUT2D eigenvalue weighted by Gasteiger charge is -2.41. The summed E-state index contributed by atoms with van der Waals surface area (Å²) in [5.74, 6) is -2.64. The molecule has 0 bridgehead atoms. The maximum absolute atomic E-state index is 13.1. The first-order chi connectivity index (χ1) is 8.53. The molecule has 2 fully saturated rings. The molecule has 0 aromatic heterocycles. The van der Waals surface area contributed by atoms with Crippen LogP contribution >= 0.6 is 0 Å². The van der Waals surface area contributed by atoms with Crippen molar-refractivity contribution in [1.82, 2.24) is 10.2 Å². The highest BCUT2D eigenvalue weighted by Crippen LogP contribution is 2.37. The second-order valence-corrected chi connectivity index (χ2v) is 5.47. The van der Waals surface area contributed by atoms with E-state index in [1.54, 1.807) is 0 Å². The molecule has 0 atom stereocenters. The van der Waals surface area contributed by atoms with Crippen LogP contribution in [0.4, 0.5) is 8.78 Å². The summed E-state index contributed by atoms with van der Waals surface area (Å²) < 4.78 is 26.2. The summed E-state index contributed by atoms with van der Waals surface area (Å²) in [5, 5.41) is 3.16. The molecule has 0 aromatic carbocycles. The Morgan fingerprint density at radius 3 is 2.39 bits per heavy atom. The molecule has 1 heterocycles. The molecule has 18 heavy (non-hydrogen) atoms. The number of alkyl halides is 2. The van der Waals surface area contributed by atoms with Crippen molar-refractivity contribution in [3.8, 4) is 0 Å². The molecule has 1 saturated carbocycles. The van der Waals surface area contributed by atoms with Crippen LogP contribution in [0, 0.1) is 5.92 Å². The number of hydrogen-bond donors (Lipinski definition) is 1. The van der Waals surface area contributed by atoms with Crippen LogP contribution in [0.15, 0.2) is 0 Å². The molecular weight excluding hydrogens is 238 g/mol. The van der Waals surface area contributed by atoms with Crippen molar-refractivity contribution in [3.05, 3.63) is 0 Å². The number of amides is 1. The molecule has 2 aliphatic rings. The third-order valence-electron chi connectivity index (χ3n) is 4.01. The maximum atomic E-state index is 13.1. The van der Waals surface area contributed by atoms with Crippen LogP contribution in [0.3, 0.4) is 0 Å². The Hall–Kier alpha value is -0.710. The highest BCUT2D eigenvalue weighted by atomic mass is 19.3. The summed E-state index contributed by atoms with van der Waals surface area (Å²) in [4.78, 5) is 14.3. The lowest BCUT2D eigenvalue weighted by Crippen LogP contribution is -2.60. The second kappa shape index (κ2) is 5.51. The van der Waals surface area contributed by atoms with Gasteiger partial charge in [0, 0.05) is 38.4 Å². The Labute approximate surface area is 107 Å². The van der Waals surface area contributed by atoms with Crippen LogP contribution in [-0.2, 0) is 4.79 Å². The summed E-state index contributed by atoms with van der Waals surface area (Å²) in [6.07, 6.45) is 1.34. The molecule has 1 N–H and O–H groups in total. The molecule has 1 aliphatic carbocycles. The van der Waals surface area contributed by atoms with Crippen molar-refractivity contribution < 1.29 is 13.6 Å². The molecule has 5 heteroatoms. The molecular formula is C13H22F2N2O. The first-order valence-corrected chi connectivity index (χ1v) is 6.92. The largest absolute Gasteiger partial charge is 0.337 e. The number of nitrogens with zero attached hydrogens (tertiary/aromatic N) is 1. The van der Waals surface area contributed by atoms with Gasteiger partial charge in [0.2, 0.25) is 11.8 Å². The summed E-state index contributed by atoms with van der Waals surface area (Å²) in [7, 11) is 0. The number of carbonyl (C=O) groups is 1. The summed E-state index contributed by atoms with van der Waals surface area (Å²) in [5.41, 5.74) is 0. The van der Waals surface area contributed by atoms with E-state index in [9.17, 15) is 13.6 Å². The van der Waals surface area contributed by atoms with Gasteiger partial charge in [-0.25, -0.2) is 8.78 Å². The van der Waals surface area contributed by atoms with Crippen LogP contribution < -0.4 is 5.32 Å². The van der Waals surface area contributed by atoms with Gasteiger partial charge in [0.15, 0.2) is 0 Å². The Bertz CT molecular complexity index is 295. The zero-order chi connectivity index (χ0) is 13.2. The van der Waals surface area contributed by atoms with Gasteiger partial charge in [-0.3, -0.25) is 4.79 Å². The first kappa shape index (κ1) is 13.7. The summed E-state index contributed by atoms with van der Waals surface area (Å²) in [6.45, 7) is 4.47. The minimum atomic E-state index is -2.55. The van der Waals surface area contributed by atoms with E-state index >= 15 is 0 Å². The van der Waals surface area contributed by atoms with Gasteiger partial charge >= 0.3 is 0 Å². The number of hydrogen-bond acceptors (Lipinski definition) is 2. The molecule has 2 rings (SSSR count). The monoisotopic (exact) mass is 260 g/mol. The fraction of sp³-hybridized carbons (Fsp3) is 0.923. The van der Waals surface area contributed by atoms with E-state index in [0.717, 1.165) is 26.1 Å². The highest BCUT2D eigenvalue weighted by molar-refractivity contribution is 5.79. The molecule has 1 saturated heterocycles. The minimum Gasteiger partial charge on any atom is -0.337 e. The van der Waals surface area contributed by atoms with Gasteiger partial charge in [-0.05, 0) is 19.3 Å². The van der Waals surface area contributed by atoms with E-state index < -0.39 is 5.92 Å². The van der Waals surface area contributed by atoms with Crippen molar-refractivity contribution in [1.29, 1.82) is 0 Å². The van der Waals surface area contributed by atoms with Gasteiger partial charge in [-0.2, -0.15) is 0 Å². The number of rotatable bonds is 4. The lowest BCUT2D eigenvalue weighted by molar-refractivity contribution is -0.143. The number of nitrogens with one attached hydrogen (secondary N) is 1. The van der Waals surface area contributed by atoms with E-state index in [4.69, 9.17) is 0 Å². The predicted octanol–water partition coefficient (Wildman–Crippen LogP) is 2.02. The predicted molar refractivity (Wildman–Crippen MR) is 65.6 cm³/mol. The maximum Gasteiger partial charge on any atom is 0.248 e. The van der Waals surface area contributed by atoms with Crippen molar-refractivity contribution in [2.45, 2.75) is 51.0 Å². The minimum absolute atomic E-state index is 0.0962. The van der Waals surface area contributed by atoms with Crippen molar-refractivity contribution in [3.63, 3.8) is 0 Å². The Morgan fingerprint density at radius 2 is 1.94 bits per heavy atom. The van der Waals surface area contributed by atoms with E-state index in [2.05, 4.69) is 5.32 Å². The molecule has 3 nitrogen and oxygen atoms in total. The van der Waals surface area contributed by atoms with Crippen LogP contribution in [0.5, 0.6) is 0 Å². The molecule has 0 radical (unpaired) electrons. The van der Waals surface area contributed by atoms with E-state index in [0.29, 0.717) is 12.8 Å². The van der Waals surface area contributed by atoms with Crippen molar-refractivity contribution in [2.75, 3.05) is 19.6 Å². The van der Waals surface area contributed by atoms with Crippen LogP contribution in [-0.4, -0.2) is 42.4 Å². The van der Waals surface area contributed by atoms with Crippen molar-refractivity contribution in [2.24, 2.45) is 5.92 Å². The average molecular weight is 260 g/mol. The molecule has 1 aliphatic heterocycles. The number of carbonyl (C=O) groups excluding carboxylic acids is 1. The van der Waals surface area contributed by atoms with Gasteiger partial charge in [0.05, 0.1) is 6.04 Å². The average Bonchev–Trinajstić information content (AvgIpc) is 2.25. The van der Waals surface area contributed by atoms with Gasteiger partial charge in [0.1, 0.15) is 0 Å². The lowest BCUT2D eigenvalue weighted by atomic mass is 9.85. The normalized spacial score (nSPS) is 24.6. The van der Waals surface area contributed by atoms with E-state index in [1.807, 2.05) is 11.8 Å². The van der Waals surface area contributed by atoms with Gasteiger partial charge < -0.3 is 10.2 Å². The molecule has 0 unspecified atom stereocenters. The van der Waals surface area contributed by atoms with Crippen LogP contribution in [0.1, 0.15) is 39.0 Å². The molecule has 1 amide bonds. The SMILES string of the molecule is CCCN(C(=O)C1CCC(F)(F)CC1)C1CNC1. The third kappa shape index (κ3) is 2.99. The quantitative estimate of drug-likeness (QED) is 0.838. The van der Waals surface area contributed by atoms with Gasteiger partial charge in [0.25, 0.3) is 0 Å². The van der Waals surface area contributed by atoms with E-state index in [1.165, 1.54) is 0 Å². The highest BCUT2D eigenvalue weighted by Gasteiger charge is 2.40. The standard InChI is InChI=1S/C13H22F2N2O/c1-2-7-17(11-8-16-9-11)12(18)10-3-5-13(14,15)6-4-10/h10-11,16H,2-9H2,1H3. The third-order valence-corrected chi connectivity index (χ3v) is 4.01. The first-order valence-electron chi connectivity index (χ1n) is 6.92. The summed E-state index contributed by atoms with van der Waals surface area (Å²) in [6, 6.07) is 0.278. The Balaban J connectivity index is 1.92. The molecule has 0 aromatic rings. The zero-order valence-corrected chi connectivity index (χ0v) is 10.9. The smallest absolute Gasteiger partial charge is 0.248 e. The Kier molecular flexibility index (Phi) is 4.20. The van der Waals surface area contributed by atoms with Crippen LogP contribution in [0.2, 0.25) is 0 Å². The molecule has 0 spiro atoms. The second-order valence-electron chi connectivity index (χ2n) is 5.47. The summed E-state index contributed by atoms with van der Waals surface area (Å²) >= 11 is 0. The van der Waals surface area contributed by atoms with Gasteiger partial charge in [-0.1, -0.05) is 6.92 Å². The zero-order valence-electron chi connectivity index (χ0n) is 10.9. The van der Waals surface area contributed by atoms with Crippen LogP contribution in [0.25, 0.3) is 0 Å².